The van der Waals surface area contributed by atoms with Crippen molar-refractivity contribution in [3.8, 4) is 34.3 Å². The molecule has 1 N–H and O–H groups in total. The van der Waals surface area contributed by atoms with Crippen LogP contribution < -0.4 is 4.74 Å². The van der Waals surface area contributed by atoms with Gasteiger partial charge in [-0.25, -0.2) is 4.98 Å². The van der Waals surface area contributed by atoms with Crippen LogP contribution in [0.4, 0.5) is 0 Å². The zero-order chi connectivity index (χ0) is 27.9. The Bertz CT molecular complexity index is 1890. The molecule has 1 aromatic carbocycles. The molecule has 10 nitrogen and oxygen atoms in total. The Morgan fingerprint density at radius 1 is 1.20 bits per heavy atom. The maximum absolute atomic E-state index is 9.39. The fourth-order valence-electron chi connectivity index (χ4n) is 7.24. The first-order chi connectivity index (χ1) is 19.9. The highest BCUT2D eigenvalue weighted by atomic mass is 16.5. The van der Waals surface area contributed by atoms with Crippen molar-refractivity contribution < 1.29 is 9.47 Å². The first-order valence-corrected chi connectivity index (χ1v) is 14.2. The Kier molecular flexibility index (Phi) is 5.19. The fraction of sp³-hybridized carbons (Fsp3) is 0.419. The predicted molar refractivity (Wildman–Crippen MR) is 154 cm³/mol. The minimum atomic E-state index is -0.412. The van der Waals surface area contributed by atoms with Crippen molar-refractivity contribution in [1.82, 2.24) is 34.4 Å². The molecular formula is C31H32N8O2. The van der Waals surface area contributed by atoms with Gasteiger partial charge in [0.05, 0.1) is 42.8 Å². The highest BCUT2D eigenvalue weighted by molar-refractivity contribution is 6.06. The van der Waals surface area contributed by atoms with E-state index in [1.807, 2.05) is 37.4 Å². The number of ether oxygens (including phenoxy) is 2. The smallest absolute Gasteiger partial charge is 0.241 e. The highest BCUT2D eigenvalue weighted by Crippen LogP contribution is 2.54. The number of aromatic amines is 1. The van der Waals surface area contributed by atoms with E-state index in [-0.39, 0.29) is 5.41 Å². The van der Waals surface area contributed by atoms with Crippen LogP contribution in [0, 0.1) is 16.7 Å². The van der Waals surface area contributed by atoms with Crippen LogP contribution in [0.2, 0.25) is 0 Å². The average Bonchev–Trinajstić information content (AvgIpc) is 3.44. The molecule has 208 valence electrons. The molecule has 1 aliphatic carbocycles. The Hall–Kier alpha value is -4.20. The lowest BCUT2D eigenvalue weighted by molar-refractivity contribution is -0.0296. The molecule has 6 heterocycles. The minimum Gasteiger partial charge on any atom is -0.479 e. The lowest BCUT2D eigenvalue weighted by Gasteiger charge is -2.27. The molecule has 2 fully saturated rings. The molecule has 0 radical (unpaired) electrons. The SMILES string of the molecule is COc1nn(C)cc1-c1[nH]c2ncc3c(c2c1-c1ccc2c(cnn2C)c1)[C@@]1(CCN(CC2(CC#N)CC2)C1)OC3. The van der Waals surface area contributed by atoms with Crippen molar-refractivity contribution in [3.05, 3.63) is 47.9 Å². The Labute approximate surface area is 237 Å². The quantitative estimate of drug-likeness (QED) is 0.329. The zero-order valence-corrected chi connectivity index (χ0v) is 23.6. The van der Waals surface area contributed by atoms with Gasteiger partial charge in [0.1, 0.15) is 11.2 Å². The van der Waals surface area contributed by atoms with Crippen LogP contribution >= 0.6 is 0 Å². The molecule has 4 aromatic heterocycles. The number of hydrogen-bond acceptors (Lipinski definition) is 7. The van der Waals surface area contributed by atoms with E-state index < -0.39 is 5.60 Å². The van der Waals surface area contributed by atoms with Crippen LogP contribution in [0.1, 0.15) is 36.8 Å². The van der Waals surface area contributed by atoms with Crippen molar-refractivity contribution in [1.29, 1.82) is 5.26 Å². The zero-order valence-electron chi connectivity index (χ0n) is 23.6. The van der Waals surface area contributed by atoms with Crippen molar-refractivity contribution in [2.24, 2.45) is 19.5 Å². The number of aryl methyl sites for hydroxylation is 2. The number of benzene rings is 1. The second-order valence-electron chi connectivity index (χ2n) is 12.1. The number of nitrogens with zero attached hydrogens (tertiary/aromatic N) is 7. The van der Waals surface area contributed by atoms with E-state index in [0.29, 0.717) is 18.9 Å². The number of aromatic nitrogens is 6. The molecule has 8 rings (SSSR count). The number of likely N-dealkylation sites (tertiary alicyclic amines) is 1. The van der Waals surface area contributed by atoms with E-state index in [9.17, 15) is 5.26 Å². The van der Waals surface area contributed by atoms with Crippen LogP contribution in [0.25, 0.3) is 44.3 Å². The lowest BCUT2D eigenvalue weighted by atomic mass is 9.86. The summed E-state index contributed by atoms with van der Waals surface area (Å²) in [4.78, 5) is 11.1. The third-order valence-electron chi connectivity index (χ3n) is 9.43. The molecule has 1 spiro atoms. The van der Waals surface area contributed by atoms with Crippen LogP contribution in [-0.2, 0) is 31.0 Å². The van der Waals surface area contributed by atoms with Gasteiger partial charge >= 0.3 is 0 Å². The summed E-state index contributed by atoms with van der Waals surface area (Å²) in [7, 11) is 5.52. The van der Waals surface area contributed by atoms with Crippen molar-refractivity contribution in [3.63, 3.8) is 0 Å². The van der Waals surface area contributed by atoms with E-state index in [2.05, 4.69) is 44.3 Å². The third-order valence-corrected chi connectivity index (χ3v) is 9.43. The normalized spacial score (nSPS) is 21.2. The minimum absolute atomic E-state index is 0.164. The second-order valence-corrected chi connectivity index (χ2v) is 12.1. The number of methoxy groups -OCH3 is 1. The van der Waals surface area contributed by atoms with Gasteiger partial charge in [-0.3, -0.25) is 14.3 Å². The molecule has 5 aromatic rings. The Morgan fingerprint density at radius 3 is 2.88 bits per heavy atom. The lowest BCUT2D eigenvalue weighted by Crippen LogP contribution is -2.34. The molecule has 1 atom stereocenters. The number of rotatable bonds is 6. The van der Waals surface area contributed by atoms with Gasteiger partial charge in [-0.2, -0.15) is 10.4 Å². The first kappa shape index (κ1) is 24.6. The number of hydrogen-bond donors (Lipinski definition) is 1. The van der Waals surface area contributed by atoms with Gasteiger partial charge in [-0.05, 0) is 42.4 Å². The summed E-state index contributed by atoms with van der Waals surface area (Å²) in [5.74, 6) is 0.560. The summed E-state index contributed by atoms with van der Waals surface area (Å²) in [6.45, 7) is 3.30. The summed E-state index contributed by atoms with van der Waals surface area (Å²) in [6.07, 6.45) is 9.72. The molecule has 3 aliphatic rings. The van der Waals surface area contributed by atoms with E-state index in [1.54, 1.807) is 11.8 Å². The van der Waals surface area contributed by atoms with E-state index in [0.717, 1.165) is 88.8 Å². The van der Waals surface area contributed by atoms with Gasteiger partial charge < -0.3 is 14.5 Å². The van der Waals surface area contributed by atoms with Gasteiger partial charge in [0.25, 0.3) is 0 Å². The van der Waals surface area contributed by atoms with Gasteiger partial charge in [0.15, 0.2) is 0 Å². The van der Waals surface area contributed by atoms with Crippen molar-refractivity contribution in [2.45, 2.75) is 37.9 Å². The number of nitriles is 1. The molecule has 0 bridgehead atoms. The summed E-state index contributed by atoms with van der Waals surface area (Å²) < 4.78 is 16.1. The Morgan fingerprint density at radius 2 is 2.07 bits per heavy atom. The number of pyridine rings is 1. The molecule has 0 amide bonds. The maximum Gasteiger partial charge on any atom is 0.241 e. The van der Waals surface area contributed by atoms with Crippen molar-refractivity contribution in [2.75, 3.05) is 26.7 Å². The topological polar surface area (TPSA) is 110 Å². The summed E-state index contributed by atoms with van der Waals surface area (Å²) in [6, 6.07) is 8.93. The maximum atomic E-state index is 9.39. The molecule has 1 saturated carbocycles. The summed E-state index contributed by atoms with van der Waals surface area (Å²) in [5.41, 5.74) is 8.01. The van der Waals surface area contributed by atoms with Gasteiger partial charge in [-0.15, -0.1) is 5.10 Å². The van der Waals surface area contributed by atoms with Gasteiger partial charge in [0.2, 0.25) is 5.88 Å². The number of H-pyrrole nitrogens is 1. The monoisotopic (exact) mass is 548 g/mol. The fourth-order valence-corrected chi connectivity index (χ4v) is 7.24. The number of fused-ring (bicyclic) bond motifs is 5. The summed E-state index contributed by atoms with van der Waals surface area (Å²) >= 11 is 0. The molecule has 0 unspecified atom stereocenters. The van der Waals surface area contributed by atoms with E-state index in [1.165, 1.54) is 5.56 Å². The summed E-state index contributed by atoms with van der Waals surface area (Å²) in [5, 5.41) is 20.6. The average molecular weight is 549 g/mol. The highest BCUT2D eigenvalue weighted by Gasteiger charge is 2.51. The van der Waals surface area contributed by atoms with E-state index in [4.69, 9.17) is 14.5 Å². The van der Waals surface area contributed by atoms with Crippen LogP contribution in [0.5, 0.6) is 5.88 Å². The van der Waals surface area contributed by atoms with Gasteiger partial charge in [-0.1, -0.05) is 6.07 Å². The molecule has 41 heavy (non-hydrogen) atoms. The largest absolute Gasteiger partial charge is 0.479 e. The number of nitrogens with one attached hydrogen (secondary N) is 1. The molecule has 2 aliphatic heterocycles. The third kappa shape index (κ3) is 3.65. The Balaban J connectivity index is 1.33. The molecule has 1 saturated heterocycles. The standard InChI is InChI=1S/C31H32N8O2/c1-37-15-22(29(36-37)40-3)27-24(19-4-5-23-20(12-19)14-34-38(23)2)25-26-21(13-33-28(25)35-27)16-41-31(26)9-11-39(18-31)17-30(6-7-30)8-10-32/h4-5,12-15H,6-9,11,16-18H2,1-3H3,(H,33,35)/t31-/m0/s1. The second kappa shape index (κ2) is 8.65. The van der Waals surface area contributed by atoms with Crippen LogP contribution in [0.15, 0.2) is 36.8 Å². The molecule has 10 heteroatoms. The van der Waals surface area contributed by atoms with E-state index >= 15 is 0 Å². The first-order valence-electron chi connectivity index (χ1n) is 14.2. The van der Waals surface area contributed by atoms with Gasteiger partial charge in [0, 0.05) is 80.0 Å². The van der Waals surface area contributed by atoms with Crippen molar-refractivity contribution >= 4 is 21.9 Å². The molecular weight excluding hydrogens is 516 g/mol. The predicted octanol–water partition coefficient (Wildman–Crippen LogP) is 4.65. The van der Waals surface area contributed by atoms with Crippen LogP contribution in [-0.4, -0.2) is 61.2 Å². The van der Waals surface area contributed by atoms with Crippen LogP contribution in [0.3, 0.4) is 0 Å².